The number of anilines is 1. The van der Waals surface area contributed by atoms with Gasteiger partial charge in [0.05, 0.1) is 6.54 Å². The lowest BCUT2D eigenvalue weighted by Gasteiger charge is -2.06. The van der Waals surface area contributed by atoms with Gasteiger partial charge in [0.25, 0.3) is 0 Å². The molecule has 0 saturated heterocycles. The van der Waals surface area contributed by atoms with Gasteiger partial charge in [0.1, 0.15) is 11.0 Å². The van der Waals surface area contributed by atoms with Crippen molar-refractivity contribution in [2.24, 2.45) is 0 Å². The Kier molecular flexibility index (Phi) is 3.85. The maximum Gasteiger partial charge on any atom is 0.204 e. The van der Waals surface area contributed by atoms with Gasteiger partial charge in [0.2, 0.25) is 5.13 Å². The first kappa shape index (κ1) is 14.0. The predicted octanol–water partition coefficient (Wildman–Crippen LogP) is 2.56. The minimum absolute atomic E-state index is 0.448. The highest BCUT2D eigenvalue weighted by Gasteiger charge is 2.11. The minimum atomic E-state index is 0.448. The van der Waals surface area contributed by atoms with E-state index in [9.17, 15) is 0 Å². The highest BCUT2D eigenvalue weighted by atomic mass is 35.5. The molecule has 0 aliphatic rings. The lowest BCUT2D eigenvalue weighted by molar-refractivity contribution is 0.765. The molecule has 0 aromatic carbocycles. The van der Waals surface area contributed by atoms with Gasteiger partial charge in [-0.15, -0.1) is 0 Å². The van der Waals surface area contributed by atoms with Gasteiger partial charge in [-0.25, -0.2) is 15.0 Å². The summed E-state index contributed by atoms with van der Waals surface area (Å²) in [5.74, 6) is 1.59. The molecule has 0 atom stereocenters. The Labute approximate surface area is 131 Å². The van der Waals surface area contributed by atoms with Crippen LogP contribution in [-0.2, 0) is 6.54 Å². The standard InChI is InChI=1S/C13H13ClN6S/c1-19(2)13-17-11(18-21-13)8-20-6-5-16-12(20)9-3-4-15-10(14)7-9/h3-7H,8H2,1-2H3. The number of hydrogen-bond donors (Lipinski definition) is 0. The van der Waals surface area contributed by atoms with E-state index >= 15 is 0 Å². The summed E-state index contributed by atoms with van der Waals surface area (Å²) in [6.07, 6.45) is 5.32. The average molecular weight is 321 g/mol. The molecule has 0 aliphatic heterocycles. The van der Waals surface area contributed by atoms with Crippen LogP contribution in [0.15, 0.2) is 30.7 Å². The molecule has 0 amide bonds. The normalized spacial score (nSPS) is 10.8. The highest BCUT2D eigenvalue weighted by Crippen LogP contribution is 2.21. The molecule has 6 nitrogen and oxygen atoms in total. The lowest BCUT2D eigenvalue weighted by Crippen LogP contribution is -2.08. The zero-order valence-electron chi connectivity index (χ0n) is 11.6. The second-order valence-corrected chi connectivity index (χ2v) is 5.75. The fourth-order valence-corrected chi connectivity index (χ4v) is 2.65. The topological polar surface area (TPSA) is 59.7 Å². The van der Waals surface area contributed by atoms with Crippen LogP contribution in [0, 0.1) is 0 Å². The number of imidazole rings is 1. The molecule has 3 aromatic heterocycles. The van der Waals surface area contributed by atoms with E-state index in [1.54, 1.807) is 18.5 Å². The SMILES string of the molecule is CN(C)c1nc(Cn2ccnc2-c2ccnc(Cl)c2)ns1. The van der Waals surface area contributed by atoms with Crippen LogP contribution in [-0.4, -0.2) is 38.0 Å². The molecular formula is C13H13ClN6S. The van der Waals surface area contributed by atoms with E-state index in [4.69, 9.17) is 11.6 Å². The van der Waals surface area contributed by atoms with Crippen molar-refractivity contribution < 1.29 is 0 Å². The third-order valence-corrected chi connectivity index (χ3v) is 3.98. The molecular weight excluding hydrogens is 308 g/mol. The third kappa shape index (κ3) is 3.03. The first-order valence-corrected chi connectivity index (χ1v) is 7.41. The molecule has 8 heteroatoms. The van der Waals surface area contributed by atoms with Crippen molar-refractivity contribution in [2.45, 2.75) is 6.54 Å². The Balaban J connectivity index is 1.88. The first-order chi connectivity index (χ1) is 10.1. The summed E-state index contributed by atoms with van der Waals surface area (Å²) in [6.45, 7) is 0.569. The molecule has 0 spiro atoms. The quantitative estimate of drug-likeness (QED) is 0.691. The van der Waals surface area contributed by atoms with Crippen molar-refractivity contribution in [1.82, 2.24) is 23.9 Å². The van der Waals surface area contributed by atoms with Crippen molar-refractivity contribution in [1.29, 1.82) is 0 Å². The second kappa shape index (κ2) is 5.79. The van der Waals surface area contributed by atoms with Crippen LogP contribution in [0.4, 0.5) is 5.13 Å². The van der Waals surface area contributed by atoms with Gasteiger partial charge in [-0.05, 0) is 12.1 Å². The number of nitrogens with zero attached hydrogens (tertiary/aromatic N) is 6. The number of hydrogen-bond acceptors (Lipinski definition) is 6. The largest absolute Gasteiger partial charge is 0.353 e. The van der Waals surface area contributed by atoms with E-state index < -0.39 is 0 Å². The monoisotopic (exact) mass is 320 g/mol. The molecule has 0 N–H and O–H groups in total. The van der Waals surface area contributed by atoms with Gasteiger partial charge in [-0.2, -0.15) is 4.37 Å². The highest BCUT2D eigenvalue weighted by molar-refractivity contribution is 7.09. The molecule has 3 rings (SSSR count). The zero-order valence-corrected chi connectivity index (χ0v) is 13.1. The number of aromatic nitrogens is 5. The van der Waals surface area contributed by atoms with E-state index in [2.05, 4.69) is 19.3 Å². The summed E-state index contributed by atoms with van der Waals surface area (Å²) in [7, 11) is 3.90. The van der Waals surface area contributed by atoms with Gasteiger partial charge in [0.15, 0.2) is 5.82 Å². The molecule has 0 bridgehead atoms. The Morgan fingerprint density at radius 2 is 2.14 bits per heavy atom. The molecule has 3 aromatic rings. The number of halogens is 1. The fraction of sp³-hybridized carbons (Fsp3) is 0.231. The van der Waals surface area contributed by atoms with Gasteiger partial charge in [-0.1, -0.05) is 11.6 Å². The predicted molar refractivity (Wildman–Crippen MR) is 83.8 cm³/mol. The van der Waals surface area contributed by atoms with Crippen LogP contribution in [0.2, 0.25) is 5.15 Å². The van der Waals surface area contributed by atoms with Gasteiger partial charge >= 0.3 is 0 Å². The summed E-state index contributed by atoms with van der Waals surface area (Å²) in [4.78, 5) is 14.8. The van der Waals surface area contributed by atoms with Crippen molar-refractivity contribution >= 4 is 28.3 Å². The van der Waals surface area contributed by atoms with Crippen molar-refractivity contribution in [3.63, 3.8) is 0 Å². The van der Waals surface area contributed by atoms with Crippen LogP contribution in [0.1, 0.15) is 5.82 Å². The second-order valence-electron chi connectivity index (χ2n) is 4.63. The van der Waals surface area contributed by atoms with Crippen LogP contribution in [0.5, 0.6) is 0 Å². The molecule has 0 aliphatic carbocycles. The molecule has 108 valence electrons. The summed E-state index contributed by atoms with van der Waals surface area (Å²) in [6, 6.07) is 3.67. The summed E-state index contributed by atoms with van der Waals surface area (Å²) in [5, 5.41) is 1.34. The van der Waals surface area contributed by atoms with E-state index in [1.165, 1.54) is 11.5 Å². The Morgan fingerprint density at radius 1 is 1.29 bits per heavy atom. The van der Waals surface area contributed by atoms with E-state index in [0.29, 0.717) is 11.7 Å². The van der Waals surface area contributed by atoms with E-state index in [1.807, 2.05) is 35.8 Å². The van der Waals surface area contributed by atoms with Gasteiger partial charge in [0, 0.05) is 49.8 Å². The zero-order chi connectivity index (χ0) is 14.8. The maximum atomic E-state index is 5.94. The van der Waals surface area contributed by atoms with Crippen molar-refractivity contribution in [2.75, 3.05) is 19.0 Å². The van der Waals surface area contributed by atoms with Crippen LogP contribution in [0.25, 0.3) is 11.4 Å². The third-order valence-electron chi connectivity index (χ3n) is 2.85. The lowest BCUT2D eigenvalue weighted by atomic mass is 10.2. The van der Waals surface area contributed by atoms with E-state index in [0.717, 1.165) is 22.3 Å². The fourth-order valence-electron chi connectivity index (χ4n) is 1.88. The molecule has 0 saturated carbocycles. The maximum absolute atomic E-state index is 5.94. The summed E-state index contributed by atoms with van der Waals surface area (Å²) >= 11 is 7.32. The molecule has 0 radical (unpaired) electrons. The van der Waals surface area contributed by atoms with Gasteiger partial charge < -0.3 is 9.47 Å². The van der Waals surface area contributed by atoms with Crippen molar-refractivity contribution in [3.8, 4) is 11.4 Å². The number of pyridine rings is 1. The molecule has 21 heavy (non-hydrogen) atoms. The molecule has 0 fully saturated rings. The number of rotatable bonds is 4. The smallest absolute Gasteiger partial charge is 0.204 e. The Morgan fingerprint density at radius 3 is 2.86 bits per heavy atom. The summed E-state index contributed by atoms with van der Waals surface area (Å²) < 4.78 is 6.36. The van der Waals surface area contributed by atoms with Crippen LogP contribution >= 0.6 is 23.1 Å². The molecule has 0 unspecified atom stereocenters. The Hall–Kier alpha value is -1.99. The van der Waals surface area contributed by atoms with E-state index in [-0.39, 0.29) is 0 Å². The average Bonchev–Trinajstić information content (AvgIpc) is 3.08. The van der Waals surface area contributed by atoms with Crippen LogP contribution in [0.3, 0.4) is 0 Å². The summed E-state index contributed by atoms with van der Waals surface area (Å²) in [5.41, 5.74) is 0.920. The van der Waals surface area contributed by atoms with Crippen LogP contribution < -0.4 is 4.90 Å². The molecule has 3 heterocycles. The Bertz CT molecular complexity index is 750. The first-order valence-electron chi connectivity index (χ1n) is 6.26. The van der Waals surface area contributed by atoms with Gasteiger partial charge in [-0.3, -0.25) is 0 Å². The van der Waals surface area contributed by atoms with Crippen molar-refractivity contribution in [3.05, 3.63) is 41.7 Å². The minimum Gasteiger partial charge on any atom is -0.353 e.